The summed E-state index contributed by atoms with van der Waals surface area (Å²) in [6.07, 6.45) is 1.51. The quantitative estimate of drug-likeness (QED) is 0.146. The Balaban J connectivity index is 1.64. The first-order valence-corrected chi connectivity index (χ1v) is 13.4. The van der Waals surface area contributed by atoms with Gasteiger partial charge in [0.1, 0.15) is 5.58 Å². The first kappa shape index (κ1) is 26.6. The standard InChI is InChI=1S/C28H21Br2N3O6/c1-3-37-21-13-17(24(29)25(30)26(21)38-15-23(34)36-2)14-31-33-27(22-12-16-8-4-7-11-20(16)39-22)32-19-10-6-5-9-18(19)28(33)35/h4-14H,3,15H2,1-2H3. The van der Waals surface area contributed by atoms with Crippen LogP contribution in [0.15, 0.2) is 83.9 Å². The van der Waals surface area contributed by atoms with Gasteiger partial charge in [-0.05, 0) is 69.1 Å². The van der Waals surface area contributed by atoms with Crippen LogP contribution in [0.4, 0.5) is 0 Å². The maximum Gasteiger partial charge on any atom is 0.343 e. The zero-order chi connectivity index (χ0) is 27.5. The van der Waals surface area contributed by atoms with Gasteiger partial charge < -0.3 is 18.6 Å². The number of furan rings is 1. The molecule has 0 N–H and O–H groups in total. The van der Waals surface area contributed by atoms with Crippen molar-refractivity contribution in [3.8, 4) is 23.1 Å². The predicted octanol–water partition coefficient (Wildman–Crippen LogP) is 6.17. The second-order valence-electron chi connectivity index (χ2n) is 8.18. The normalized spacial score (nSPS) is 11.4. The molecule has 0 bridgehead atoms. The number of para-hydroxylation sites is 2. The van der Waals surface area contributed by atoms with Crippen molar-refractivity contribution in [3.05, 3.63) is 85.5 Å². The molecule has 5 aromatic rings. The van der Waals surface area contributed by atoms with E-state index in [1.807, 2.05) is 43.3 Å². The summed E-state index contributed by atoms with van der Waals surface area (Å²) in [6, 6.07) is 18.1. The topological polar surface area (TPSA) is 105 Å². The van der Waals surface area contributed by atoms with Crippen LogP contribution in [-0.2, 0) is 9.53 Å². The number of benzene rings is 3. The van der Waals surface area contributed by atoms with E-state index in [4.69, 9.17) is 18.9 Å². The number of carbonyl (C=O) groups excluding carboxylic acids is 1. The third-order valence-electron chi connectivity index (χ3n) is 5.73. The number of halogens is 2. The summed E-state index contributed by atoms with van der Waals surface area (Å²) in [5.41, 5.74) is 1.41. The molecule has 0 spiro atoms. The van der Waals surface area contributed by atoms with E-state index in [-0.39, 0.29) is 18.0 Å². The van der Waals surface area contributed by atoms with E-state index in [2.05, 4.69) is 41.7 Å². The Morgan fingerprint density at radius 1 is 1.08 bits per heavy atom. The summed E-state index contributed by atoms with van der Waals surface area (Å²) in [5, 5.41) is 5.82. The van der Waals surface area contributed by atoms with Crippen LogP contribution < -0.4 is 15.0 Å². The second kappa shape index (κ2) is 11.4. The van der Waals surface area contributed by atoms with Crippen molar-refractivity contribution in [2.24, 2.45) is 5.10 Å². The van der Waals surface area contributed by atoms with Gasteiger partial charge in [0.2, 0.25) is 5.82 Å². The molecule has 0 saturated heterocycles. The van der Waals surface area contributed by atoms with Crippen LogP contribution in [0.5, 0.6) is 11.5 Å². The number of hydrogen-bond acceptors (Lipinski definition) is 8. The number of ether oxygens (including phenoxy) is 3. The molecule has 2 heterocycles. The maximum atomic E-state index is 13.6. The monoisotopic (exact) mass is 653 g/mol. The van der Waals surface area contributed by atoms with Crippen molar-refractivity contribution in [3.63, 3.8) is 0 Å². The first-order chi connectivity index (χ1) is 18.9. The van der Waals surface area contributed by atoms with Gasteiger partial charge in [-0.15, -0.1) is 0 Å². The van der Waals surface area contributed by atoms with Gasteiger partial charge in [-0.3, -0.25) is 4.79 Å². The minimum atomic E-state index is -0.535. The smallest absolute Gasteiger partial charge is 0.343 e. The number of hydrogen-bond donors (Lipinski definition) is 0. The summed E-state index contributed by atoms with van der Waals surface area (Å²) < 4.78 is 24.4. The lowest BCUT2D eigenvalue weighted by Gasteiger charge is -2.15. The molecule has 0 aliphatic carbocycles. The van der Waals surface area contributed by atoms with E-state index in [0.29, 0.717) is 54.9 Å². The van der Waals surface area contributed by atoms with Crippen molar-refractivity contribution in [1.29, 1.82) is 0 Å². The number of rotatable bonds is 8. The van der Waals surface area contributed by atoms with Gasteiger partial charge in [-0.25, -0.2) is 9.78 Å². The van der Waals surface area contributed by atoms with Gasteiger partial charge in [0, 0.05) is 15.4 Å². The fourth-order valence-electron chi connectivity index (χ4n) is 3.89. The van der Waals surface area contributed by atoms with E-state index in [9.17, 15) is 9.59 Å². The molecule has 9 nitrogen and oxygen atoms in total. The molecular formula is C28H21Br2N3O6. The largest absolute Gasteiger partial charge is 0.490 e. The molecule has 0 aliphatic heterocycles. The Hall–Kier alpha value is -3.96. The molecule has 0 radical (unpaired) electrons. The van der Waals surface area contributed by atoms with Crippen molar-refractivity contribution in [2.45, 2.75) is 6.92 Å². The van der Waals surface area contributed by atoms with Crippen LogP contribution in [0.1, 0.15) is 12.5 Å². The van der Waals surface area contributed by atoms with Crippen LogP contribution in [0.2, 0.25) is 0 Å². The highest BCUT2D eigenvalue weighted by atomic mass is 79.9. The van der Waals surface area contributed by atoms with Crippen LogP contribution in [0.3, 0.4) is 0 Å². The minimum absolute atomic E-state index is 0.254. The van der Waals surface area contributed by atoms with Crippen molar-refractivity contribution < 1.29 is 23.4 Å². The number of aromatic nitrogens is 2. The van der Waals surface area contributed by atoms with E-state index in [1.54, 1.807) is 24.3 Å². The van der Waals surface area contributed by atoms with E-state index in [1.165, 1.54) is 18.0 Å². The van der Waals surface area contributed by atoms with E-state index in [0.717, 1.165) is 5.39 Å². The Kier molecular flexibility index (Phi) is 7.80. The predicted molar refractivity (Wildman–Crippen MR) is 155 cm³/mol. The average molecular weight is 655 g/mol. The zero-order valence-corrected chi connectivity index (χ0v) is 24.0. The highest BCUT2D eigenvalue weighted by molar-refractivity contribution is 9.13. The SMILES string of the molecule is CCOc1cc(C=Nn2c(-c3cc4ccccc4o3)nc3ccccc3c2=O)c(Br)c(Br)c1OCC(=O)OC. The molecule has 0 amide bonds. The van der Waals surface area contributed by atoms with Crippen LogP contribution in [0.25, 0.3) is 33.5 Å². The van der Waals surface area contributed by atoms with Gasteiger partial charge in [0.15, 0.2) is 23.9 Å². The Morgan fingerprint density at radius 3 is 2.62 bits per heavy atom. The third kappa shape index (κ3) is 5.32. The number of carbonyl (C=O) groups is 1. The first-order valence-electron chi connectivity index (χ1n) is 11.8. The fraction of sp³-hybridized carbons (Fsp3) is 0.143. The average Bonchev–Trinajstić information content (AvgIpc) is 3.39. The molecule has 0 aliphatic rings. The number of esters is 1. The molecule has 2 aromatic heterocycles. The van der Waals surface area contributed by atoms with Crippen LogP contribution in [0, 0.1) is 0 Å². The second-order valence-corrected chi connectivity index (χ2v) is 9.77. The molecule has 0 fully saturated rings. The summed E-state index contributed by atoms with van der Waals surface area (Å²) in [6.45, 7) is 1.88. The summed E-state index contributed by atoms with van der Waals surface area (Å²) in [4.78, 5) is 29.9. The van der Waals surface area contributed by atoms with Gasteiger partial charge in [-0.2, -0.15) is 9.78 Å². The molecule has 0 saturated carbocycles. The zero-order valence-electron chi connectivity index (χ0n) is 20.8. The molecule has 0 atom stereocenters. The van der Waals surface area contributed by atoms with Crippen LogP contribution in [-0.4, -0.2) is 42.2 Å². The Bertz CT molecular complexity index is 1760. The maximum absolute atomic E-state index is 13.6. The minimum Gasteiger partial charge on any atom is -0.490 e. The Morgan fingerprint density at radius 2 is 1.85 bits per heavy atom. The van der Waals surface area contributed by atoms with Crippen molar-refractivity contribution in [1.82, 2.24) is 9.66 Å². The summed E-state index contributed by atoms with van der Waals surface area (Å²) in [7, 11) is 1.28. The van der Waals surface area contributed by atoms with Crippen molar-refractivity contribution >= 4 is 65.9 Å². The third-order valence-corrected chi connectivity index (χ3v) is 7.87. The molecular weight excluding hydrogens is 634 g/mol. The summed E-state index contributed by atoms with van der Waals surface area (Å²) in [5.74, 6) is 0.813. The van der Waals surface area contributed by atoms with Gasteiger partial charge >= 0.3 is 5.97 Å². The van der Waals surface area contributed by atoms with E-state index >= 15 is 0 Å². The highest BCUT2D eigenvalue weighted by Gasteiger charge is 2.20. The van der Waals surface area contributed by atoms with E-state index < -0.39 is 5.97 Å². The lowest BCUT2D eigenvalue weighted by Crippen LogP contribution is -2.20. The number of methoxy groups -OCH3 is 1. The van der Waals surface area contributed by atoms with Gasteiger partial charge in [0.25, 0.3) is 5.56 Å². The Labute approximate surface area is 239 Å². The lowest BCUT2D eigenvalue weighted by molar-refractivity contribution is -0.142. The van der Waals surface area contributed by atoms with Crippen LogP contribution >= 0.6 is 31.9 Å². The lowest BCUT2D eigenvalue weighted by atomic mass is 10.2. The molecule has 5 rings (SSSR count). The molecule has 11 heteroatoms. The van der Waals surface area contributed by atoms with Crippen molar-refractivity contribution in [2.75, 3.05) is 20.3 Å². The number of nitrogens with zero attached hydrogens (tertiary/aromatic N) is 3. The molecule has 3 aromatic carbocycles. The molecule has 198 valence electrons. The van der Waals surface area contributed by atoms with Gasteiger partial charge in [0.05, 0.1) is 35.3 Å². The fourth-order valence-corrected chi connectivity index (χ4v) is 4.82. The van der Waals surface area contributed by atoms with Gasteiger partial charge in [-0.1, -0.05) is 30.3 Å². The highest BCUT2D eigenvalue weighted by Crippen LogP contribution is 2.42. The molecule has 0 unspecified atom stereocenters. The summed E-state index contributed by atoms with van der Waals surface area (Å²) >= 11 is 7.05. The number of fused-ring (bicyclic) bond motifs is 2. The molecule has 39 heavy (non-hydrogen) atoms.